The second-order valence-electron chi connectivity index (χ2n) is 4.35. The number of amides is 1. The molecule has 0 atom stereocenters. The van der Waals surface area contributed by atoms with E-state index in [0.29, 0.717) is 20.5 Å². The van der Waals surface area contributed by atoms with Crippen LogP contribution in [0.3, 0.4) is 0 Å². The van der Waals surface area contributed by atoms with E-state index >= 15 is 0 Å². The normalized spacial score (nSPS) is 16.8. The number of aliphatic imine (C=N–C) groups is 1. The van der Waals surface area contributed by atoms with Gasteiger partial charge in [0.05, 0.1) is 0 Å². The van der Waals surface area contributed by atoms with Gasteiger partial charge in [-0.25, -0.2) is 0 Å². The quantitative estimate of drug-likeness (QED) is 0.350. The molecule has 0 saturated heterocycles. The maximum atomic E-state index is 12.0. The molecule has 1 amide bonds. The molecule has 1 heterocycles. The predicted octanol–water partition coefficient (Wildman–Crippen LogP) is 1.03. The van der Waals surface area contributed by atoms with Crippen molar-refractivity contribution in [2.24, 2.45) is 4.99 Å². The van der Waals surface area contributed by atoms with E-state index in [2.05, 4.69) is 4.99 Å². The summed E-state index contributed by atoms with van der Waals surface area (Å²) in [5, 5.41) is 0. The Hall–Kier alpha value is -1.91. The van der Waals surface area contributed by atoms with Crippen LogP contribution in [0.15, 0.2) is 45.4 Å². The van der Waals surface area contributed by atoms with Crippen molar-refractivity contribution in [2.75, 3.05) is 14.1 Å². The molecule has 0 saturated carbocycles. The Morgan fingerprint density at radius 2 is 1.90 bits per heavy atom. The van der Waals surface area contributed by atoms with Crippen LogP contribution >= 0.6 is 0 Å². The fourth-order valence-electron chi connectivity index (χ4n) is 1.49. The molecule has 0 spiro atoms. The van der Waals surface area contributed by atoms with Crippen molar-refractivity contribution < 1.29 is 14.3 Å². The van der Waals surface area contributed by atoms with Gasteiger partial charge in [-0.15, -0.1) is 0 Å². The summed E-state index contributed by atoms with van der Waals surface area (Å²) in [6, 6.07) is 8.79. The Kier molecular flexibility index (Phi) is 4.37. The molecule has 0 bridgehead atoms. The van der Waals surface area contributed by atoms with Gasteiger partial charge < -0.3 is 0 Å². The zero-order chi connectivity index (χ0) is 14.7. The number of hydrogen-bond acceptors (Lipinski definition) is 4. The summed E-state index contributed by atoms with van der Waals surface area (Å²) < 4.78 is 6.40. The van der Waals surface area contributed by atoms with Gasteiger partial charge in [-0.3, -0.25) is 0 Å². The van der Waals surface area contributed by atoms with Crippen molar-refractivity contribution in [3.63, 3.8) is 0 Å². The second-order valence-corrected chi connectivity index (χ2v) is 6.40. The number of ether oxygens (including phenoxy) is 1. The Morgan fingerprint density at radius 3 is 2.45 bits per heavy atom. The van der Waals surface area contributed by atoms with E-state index in [-0.39, 0.29) is 20.9 Å². The van der Waals surface area contributed by atoms with Crippen LogP contribution in [0.2, 0.25) is 0 Å². The molecule has 0 aliphatic carbocycles. The summed E-state index contributed by atoms with van der Waals surface area (Å²) in [7, 11) is 3.66. The van der Waals surface area contributed by atoms with Crippen LogP contribution in [0.1, 0.15) is 6.92 Å². The zero-order valence-electron chi connectivity index (χ0n) is 11.4. The molecule has 5 nitrogen and oxygen atoms in total. The summed E-state index contributed by atoms with van der Waals surface area (Å²) in [5.74, 6) is -0.378. The van der Waals surface area contributed by atoms with E-state index in [1.54, 1.807) is 36.1 Å². The third-order valence-electron chi connectivity index (χ3n) is 2.57. The standard InChI is InChI=1S/C14H14N2O3Se/c1-9(11-12(17)15-14(20-11)16(2)3)13(18)19-10-7-5-4-6-8-10/h4-8H,1-3H3/b11-9+. The van der Waals surface area contributed by atoms with Crippen molar-refractivity contribution >= 4 is 31.6 Å². The fraction of sp³-hybridized carbons (Fsp3) is 0.214. The first-order valence-corrected chi connectivity index (χ1v) is 7.66. The summed E-state index contributed by atoms with van der Waals surface area (Å²) in [4.78, 5) is 29.6. The van der Waals surface area contributed by atoms with Gasteiger partial charge in [0.15, 0.2) is 0 Å². The molecule has 104 valence electrons. The molecular formula is C14H14N2O3Se. The maximum absolute atomic E-state index is 12.0. The predicted molar refractivity (Wildman–Crippen MR) is 76.7 cm³/mol. The van der Waals surface area contributed by atoms with E-state index < -0.39 is 5.97 Å². The van der Waals surface area contributed by atoms with Crippen LogP contribution in [-0.2, 0) is 9.59 Å². The van der Waals surface area contributed by atoms with Gasteiger partial charge in [0, 0.05) is 0 Å². The number of para-hydroxylation sites is 1. The molecule has 2 rings (SSSR count). The van der Waals surface area contributed by atoms with Gasteiger partial charge in [0.2, 0.25) is 0 Å². The van der Waals surface area contributed by atoms with Gasteiger partial charge in [0.25, 0.3) is 0 Å². The number of benzene rings is 1. The average molecular weight is 337 g/mol. The van der Waals surface area contributed by atoms with E-state index in [1.165, 1.54) is 0 Å². The van der Waals surface area contributed by atoms with Crippen LogP contribution < -0.4 is 4.74 Å². The van der Waals surface area contributed by atoms with Gasteiger partial charge in [-0.05, 0) is 0 Å². The summed E-state index contributed by atoms with van der Waals surface area (Å²) in [5.41, 5.74) is 0.333. The van der Waals surface area contributed by atoms with E-state index in [0.717, 1.165) is 0 Å². The number of carbonyl (C=O) groups excluding carboxylic acids is 2. The topological polar surface area (TPSA) is 59.0 Å². The first kappa shape index (κ1) is 14.5. The molecular weight excluding hydrogens is 323 g/mol. The summed E-state index contributed by atoms with van der Waals surface area (Å²) in [6.07, 6.45) is 0. The van der Waals surface area contributed by atoms with Crippen LogP contribution in [-0.4, -0.2) is 50.6 Å². The zero-order valence-corrected chi connectivity index (χ0v) is 13.1. The van der Waals surface area contributed by atoms with Gasteiger partial charge >= 0.3 is 123 Å². The molecule has 1 aromatic carbocycles. The minimum atomic E-state index is -0.503. The Bertz CT molecular complexity index is 606. The molecule has 1 aromatic rings. The minimum absolute atomic E-state index is 0.250. The summed E-state index contributed by atoms with van der Waals surface area (Å²) >= 11 is -0.250. The van der Waals surface area contributed by atoms with Crippen molar-refractivity contribution in [1.29, 1.82) is 0 Å². The van der Waals surface area contributed by atoms with Gasteiger partial charge in [-0.2, -0.15) is 0 Å². The van der Waals surface area contributed by atoms with Crippen molar-refractivity contribution in [3.8, 4) is 5.75 Å². The molecule has 1 aliphatic rings. The van der Waals surface area contributed by atoms with Crippen LogP contribution in [0.25, 0.3) is 0 Å². The first-order chi connectivity index (χ1) is 9.49. The number of esters is 1. The van der Waals surface area contributed by atoms with Crippen LogP contribution in [0.5, 0.6) is 5.75 Å². The third-order valence-corrected chi connectivity index (χ3v) is 5.35. The Labute approximate surface area is 123 Å². The van der Waals surface area contributed by atoms with E-state index in [4.69, 9.17) is 4.74 Å². The summed E-state index contributed by atoms with van der Waals surface area (Å²) in [6.45, 7) is 1.61. The van der Waals surface area contributed by atoms with Gasteiger partial charge in [-0.1, -0.05) is 0 Å². The van der Waals surface area contributed by atoms with Crippen LogP contribution in [0.4, 0.5) is 0 Å². The molecule has 6 heteroatoms. The number of rotatable bonds is 2. The van der Waals surface area contributed by atoms with E-state index in [1.807, 2.05) is 20.2 Å². The second kappa shape index (κ2) is 6.03. The number of amidine groups is 1. The van der Waals surface area contributed by atoms with Crippen LogP contribution in [0, 0.1) is 0 Å². The number of nitrogens with zero attached hydrogens (tertiary/aromatic N) is 2. The third kappa shape index (κ3) is 3.15. The van der Waals surface area contributed by atoms with Crippen molar-refractivity contribution in [3.05, 3.63) is 40.4 Å². The number of carbonyl (C=O) groups is 2. The molecule has 1 aliphatic heterocycles. The molecule has 0 unspecified atom stereocenters. The average Bonchev–Trinajstić information content (AvgIpc) is 2.81. The van der Waals surface area contributed by atoms with Crippen molar-refractivity contribution in [1.82, 2.24) is 4.90 Å². The molecule has 0 N–H and O–H groups in total. The monoisotopic (exact) mass is 338 g/mol. The first-order valence-electron chi connectivity index (χ1n) is 5.95. The number of hydrogen-bond donors (Lipinski definition) is 0. The Balaban J connectivity index is 2.15. The van der Waals surface area contributed by atoms with E-state index in [9.17, 15) is 9.59 Å². The molecule has 20 heavy (non-hydrogen) atoms. The van der Waals surface area contributed by atoms with Crippen molar-refractivity contribution in [2.45, 2.75) is 6.92 Å². The SMILES string of the molecule is C/C(C(=O)Oc1ccccc1)=C1\[Se]C(N(C)C)=NC1=O. The molecule has 0 radical (unpaired) electrons. The molecule has 0 fully saturated rings. The Morgan fingerprint density at radius 1 is 1.25 bits per heavy atom. The molecule has 0 aromatic heterocycles. The fourth-order valence-corrected chi connectivity index (χ4v) is 3.30. The van der Waals surface area contributed by atoms with Gasteiger partial charge in [0.1, 0.15) is 0 Å².